The summed E-state index contributed by atoms with van der Waals surface area (Å²) in [6.45, 7) is 0.149. The van der Waals surface area contributed by atoms with Crippen LogP contribution in [0.2, 0.25) is 10.0 Å². The Morgan fingerprint density at radius 2 is 1.79 bits per heavy atom. The molecule has 0 radical (unpaired) electrons. The van der Waals surface area contributed by atoms with Gasteiger partial charge in [0.15, 0.2) is 5.39 Å². The topological polar surface area (TPSA) is 74.3 Å². The fourth-order valence-electron chi connectivity index (χ4n) is 3.75. The monoisotopic (exact) mass is 556 g/mol. The van der Waals surface area contributed by atoms with Gasteiger partial charge in [0.1, 0.15) is 17.2 Å². The zero-order valence-corrected chi connectivity index (χ0v) is 20.7. The second kappa shape index (κ2) is 8.91. The lowest BCUT2D eigenvalue weighted by molar-refractivity contribution is 0.414. The third-order valence-corrected chi connectivity index (χ3v) is 6.47. The summed E-state index contributed by atoms with van der Waals surface area (Å²) in [6, 6.07) is 17.2. The summed E-state index contributed by atoms with van der Waals surface area (Å²) in [5.41, 5.74) is 0.579. The van der Waals surface area contributed by atoms with Crippen LogP contribution >= 0.6 is 39.1 Å². The van der Waals surface area contributed by atoms with E-state index in [2.05, 4.69) is 20.9 Å². The van der Waals surface area contributed by atoms with Crippen LogP contribution in [0.15, 0.2) is 79.1 Å². The van der Waals surface area contributed by atoms with Gasteiger partial charge in [-0.25, -0.2) is 0 Å². The average Bonchev–Trinajstić information content (AvgIpc) is 2.82. The van der Waals surface area contributed by atoms with E-state index in [1.165, 1.54) is 4.57 Å². The van der Waals surface area contributed by atoms with E-state index in [1.54, 1.807) is 55.6 Å². The third-order valence-electron chi connectivity index (χ3n) is 5.43. The Balaban J connectivity index is 1.84. The maximum atomic E-state index is 13.7. The zero-order chi connectivity index (χ0) is 24.0. The Labute approximate surface area is 211 Å². The van der Waals surface area contributed by atoms with Crippen molar-refractivity contribution >= 4 is 61.2 Å². The maximum absolute atomic E-state index is 13.7. The average molecular weight is 558 g/mol. The standard InChI is InChI=1S/C25H15BrCl2N2O4/c1-33-16-6-2-13(3-7-16)12-30-23(17-8-5-15(27)11-19(17)28)29-24-21(25(30)32)22(31)18-10-14(26)4-9-20(18)34-24/h2-11H,12H2,1H3. The molecule has 0 atom stereocenters. The molecule has 5 rings (SSSR count). The number of methoxy groups -OCH3 is 1. The van der Waals surface area contributed by atoms with E-state index in [0.717, 1.165) is 5.56 Å². The van der Waals surface area contributed by atoms with Gasteiger partial charge in [-0.05, 0) is 54.1 Å². The van der Waals surface area contributed by atoms with Crippen molar-refractivity contribution in [1.29, 1.82) is 0 Å². The van der Waals surface area contributed by atoms with E-state index >= 15 is 0 Å². The van der Waals surface area contributed by atoms with Gasteiger partial charge in [0.2, 0.25) is 11.1 Å². The number of benzene rings is 3. The van der Waals surface area contributed by atoms with Crippen molar-refractivity contribution in [2.75, 3.05) is 7.11 Å². The van der Waals surface area contributed by atoms with Crippen LogP contribution in [0.4, 0.5) is 0 Å². The van der Waals surface area contributed by atoms with E-state index < -0.39 is 11.0 Å². The van der Waals surface area contributed by atoms with Gasteiger partial charge in [-0.3, -0.25) is 14.2 Å². The molecule has 2 heterocycles. The fourth-order valence-corrected chi connectivity index (χ4v) is 4.60. The minimum absolute atomic E-state index is 0.0585. The van der Waals surface area contributed by atoms with Crippen molar-refractivity contribution in [1.82, 2.24) is 9.55 Å². The van der Waals surface area contributed by atoms with Crippen molar-refractivity contribution in [3.8, 4) is 17.1 Å². The highest BCUT2D eigenvalue weighted by atomic mass is 79.9. The number of aromatic nitrogens is 2. The van der Waals surface area contributed by atoms with Gasteiger partial charge in [-0.15, -0.1) is 0 Å². The highest BCUT2D eigenvalue weighted by Crippen LogP contribution is 2.30. The smallest absolute Gasteiger partial charge is 0.269 e. The molecule has 0 aliphatic carbocycles. The van der Waals surface area contributed by atoms with Gasteiger partial charge in [0.05, 0.1) is 24.1 Å². The van der Waals surface area contributed by atoms with E-state index in [4.69, 9.17) is 32.4 Å². The van der Waals surface area contributed by atoms with E-state index in [1.807, 2.05) is 12.1 Å². The molecule has 9 heteroatoms. The first-order chi connectivity index (χ1) is 16.4. The third kappa shape index (κ3) is 4.00. The Kier molecular flexibility index (Phi) is 5.93. The van der Waals surface area contributed by atoms with E-state index in [0.29, 0.717) is 31.4 Å². The summed E-state index contributed by atoms with van der Waals surface area (Å²) in [4.78, 5) is 31.6. The predicted octanol–water partition coefficient (Wildman–Crippen LogP) is 6.30. The SMILES string of the molecule is COc1ccc(Cn2c(-c3ccc(Cl)cc3Cl)nc3oc4ccc(Br)cc4c(=O)c3c2=O)cc1. The van der Waals surface area contributed by atoms with Gasteiger partial charge in [0, 0.05) is 15.1 Å². The molecule has 0 amide bonds. The minimum atomic E-state index is -0.530. The molecule has 5 aromatic rings. The quantitative estimate of drug-likeness (QED) is 0.242. The second-order valence-corrected chi connectivity index (χ2v) is 9.31. The van der Waals surface area contributed by atoms with Crippen LogP contribution in [-0.4, -0.2) is 16.7 Å². The maximum Gasteiger partial charge on any atom is 0.269 e. The van der Waals surface area contributed by atoms with Gasteiger partial charge in [0.25, 0.3) is 5.56 Å². The number of fused-ring (bicyclic) bond motifs is 2. The molecule has 0 aliphatic rings. The molecule has 0 saturated heterocycles. The van der Waals surface area contributed by atoms with Crippen LogP contribution < -0.4 is 15.7 Å². The Bertz CT molecular complexity index is 1700. The molecule has 170 valence electrons. The van der Waals surface area contributed by atoms with Gasteiger partial charge in [-0.2, -0.15) is 4.98 Å². The molecule has 0 fully saturated rings. The summed E-state index contributed by atoms with van der Waals surface area (Å²) in [7, 11) is 1.58. The van der Waals surface area contributed by atoms with E-state index in [9.17, 15) is 9.59 Å². The number of hydrogen-bond donors (Lipinski definition) is 0. The lowest BCUT2D eigenvalue weighted by Crippen LogP contribution is -2.28. The van der Waals surface area contributed by atoms with Crippen LogP contribution in [0.5, 0.6) is 5.75 Å². The first kappa shape index (κ1) is 22.7. The molecule has 0 unspecified atom stereocenters. The molecule has 2 aromatic heterocycles. The second-order valence-electron chi connectivity index (χ2n) is 7.55. The molecular weight excluding hydrogens is 543 g/mol. The molecule has 0 bridgehead atoms. The molecule has 34 heavy (non-hydrogen) atoms. The largest absolute Gasteiger partial charge is 0.497 e. The minimum Gasteiger partial charge on any atom is -0.497 e. The highest BCUT2D eigenvalue weighted by molar-refractivity contribution is 9.10. The normalized spacial score (nSPS) is 11.3. The van der Waals surface area contributed by atoms with Crippen molar-refractivity contribution < 1.29 is 9.15 Å². The van der Waals surface area contributed by atoms with Crippen LogP contribution in [-0.2, 0) is 6.54 Å². The number of hydrogen-bond acceptors (Lipinski definition) is 5. The molecule has 6 nitrogen and oxygen atoms in total. The first-order valence-corrected chi connectivity index (χ1v) is 11.7. The first-order valence-electron chi connectivity index (χ1n) is 10.1. The zero-order valence-electron chi connectivity index (χ0n) is 17.6. The van der Waals surface area contributed by atoms with E-state index in [-0.39, 0.29) is 28.9 Å². The summed E-state index contributed by atoms with van der Waals surface area (Å²) in [5.74, 6) is 0.945. The number of nitrogens with zero attached hydrogens (tertiary/aromatic N) is 2. The number of rotatable bonds is 4. The summed E-state index contributed by atoms with van der Waals surface area (Å²) < 4.78 is 13.2. The van der Waals surface area contributed by atoms with Crippen molar-refractivity contribution in [2.24, 2.45) is 0 Å². The molecule has 3 aromatic carbocycles. The lowest BCUT2D eigenvalue weighted by Gasteiger charge is -2.15. The van der Waals surface area contributed by atoms with Crippen LogP contribution in [0.25, 0.3) is 33.5 Å². The Morgan fingerprint density at radius 1 is 1.03 bits per heavy atom. The van der Waals surface area contributed by atoms with Crippen molar-refractivity contribution in [3.63, 3.8) is 0 Å². The molecule has 0 saturated carbocycles. The van der Waals surface area contributed by atoms with Gasteiger partial charge in [-0.1, -0.05) is 51.3 Å². The number of ether oxygens (including phenoxy) is 1. The molecule has 0 aliphatic heterocycles. The summed E-state index contributed by atoms with van der Waals surface area (Å²) in [5, 5.41) is 0.915. The fraction of sp³-hybridized carbons (Fsp3) is 0.0800. The molecule has 0 spiro atoms. The highest BCUT2D eigenvalue weighted by Gasteiger charge is 2.21. The van der Waals surface area contributed by atoms with Gasteiger partial charge >= 0.3 is 0 Å². The summed E-state index contributed by atoms with van der Waals surface area (Å²) >= 11 is 15.9. The van der Waals surface area contributed by atoms with Crippen LogP contribution in [0, 0.1) is 0 Å². The van der Waals surface area contributed by atoms with Crippen molar-refractivity contribution in [3.05, 3.63) is 101 Å². The Morgan fingerprint density at radius 3 is 2.50 bits per heavy atom. The van der Waals surface area contributed by atoms with Crippen LogP contribution in [0.1, 0.15) is 5.56 Å². The van der Waals surface area contributed by atoms with Crippen molar-refractivity contribution in [2.45, 2.75) is 6.54 Å². The molecule has 0 N–H and O–H groups in total. The van der Waals surface area contributed by atoms with Crippen LogP contribution in [0.3, 0.4) is 0 Å². The Hall–Kier alpha value is -3.13. The molecular formula is C25H15BrCl2N2O4. The summed E-state index contributed by atoms with van der Waals surface area (Å²) in [6.07, 6.45) is 0. The number of halogens is 3. The predicted molar refractivity (Wildman–Crippen MR) is 137 cm³/mol. The lowest BCUT2D eigenvalue weighted by atomic mass is 10.1. The van der Waals surface area contributed by atoms with Gasteiger partial charge < -0.3 is 9.15 Å².